The quantitative estimate of drug-likeness (QED) is 0.858. The maximum Gasteiger partial charge on any atom is 0.244 e. The smallest absolute Gasteiger partial charge is 0.244 e. The molecule has 0 spiro atoms. The Labute approximate surface area is 130 Å². The molecule has 5 heteroatoms. The average Bonchev–Trinajstić information content (AvgIpc) is 3.29. The molecule has 2 atom stereocenters. The second kappa shape index (κ2) is 6.08. The second-order valence-corrected chi connectivity index (χ2v) is 6.26. The number of nitrogens with zero attached hydrogens (tertiary/aromatic N) is 1. The van der Waals surface area contributed by atoms with Gasteiger partial charge in [-0.05, 0) is 36.8 Å². The molecule has 1 aliphatic heterocycles. The minimum absolute atomic E-state index is 0.0697. The first-order valence-electron chi connectivity index (χ1n) is 8.06. The topological polar surface area (TPSA) is 75.4 Å². The van der Waals surface area contributed by atoms with Gasteiger partial charge in [0, 0.05) is 18.7 Å². The molecule has 5 nitrogen and oxygen atoms in total. The van der Waals surface area contributed by atoms with Crippen LogP contribution in [0.5, 0.6) is 0 Å². The minimum atomic E-state index is -0.565. The summed E-state index contributed by atoms with van der Waals surface area (Å²) in [7, 11) is 0. The molecule has 3 rings (SSSR count). The molecular weight excluding hydrogens is 278 g/mol. The van der Waals surface area contributed by atoms with Crippen LogP contribution >= 0.6 is 0 Å². The molecule has 1 aromatic rings. The van der Waals surface area contributed by atoms with Crippen LogP contribution < -0.4 is 16.0 Å². The van der Waals surface area contributed by atoms with Crippen LogP contribution in [0.4, 0.5) is 5.69 Å². The van der Waals surface area contributed by atoms with Crippen molar-refractivity contribution in [1.82, 2.24) is 5.32 Å². The van der Waals surface area contributed by atoms with E-state index in [4.69, 9.17) is 5.73 Å². The fourth-order valence-corrected chi connectivity index (χ4v) is 2.91. The van der Waals surface area contributed by atoms with Gasteiger partial charge in [-0.1, -0.05) is 25.1 Å². The molecule has 0 bridgehead atoms. The molecular formula is C17H23N3O2. The predicted octanol–water partition coefficient (Wildman–Crippen LogP) is 1.21. The average molecular weight is 301 g/mol. The van der Waals surface area contributed by atoms with Crippen molar-refractivity contribution in [3.05, 3.63) is 29.8 Å². The Balaban J connectivity index is 1.81. The Bertz CT molecular complexity index is 583. The van der Waals surface area contributed by atoms with Crippen molar-refractivity contribution in [3.8, 4) is 0 Å². The van der Waals surface area contributed by atoms with E-state index in [1.165, 1.54) is 12.8 Å². The van der Waals surface area contributed by atoms with Crippen molar-refractivity contribution in [3.63, 3.8) is 0 Å². The van der Waals surface area contributed by atoms with Crippen LogP contribution in [0.1, 0.15) is 31.7 Å². The molecule has 2 unspecified atom stereocenters. The van der Waals surface area contributed by atoms with Gasteiger partial charge in [0.1, 0.15) is 6.04 Å². The number of para-hydroxylation sites is 1. The highest BCUT2D eigenvalue weighted by Crippen LogP contribution is 2.33. The molecule has 2 aliphatic rings. The van der Waals surface area contributed by atoms with E-state index in [2.05, 4.69) is 5.32 Å². The molecule has 1 saturated carbocycles. The largest absolute Gasteiger partial charge is 0.354 e. The fraction of sp³-hybridized carbons (Fsp3) is 0.529. The van der Waals surface area contributed by atoms with E-state index in [9.17, 15) is 9.59 Å². The number of hydrogen-bond acceptors (Lipinski definition) is 3. The monoisotopic (exact) mass is 301 g/mol. The lowest BCUT2D eigenvalue weighted by molar-refractivity contribution is -0.126. The van der Waals surface area contributed by atoms with Gasteiger partial charge in [0.2, 0.25) is 11.8 Å². The highest BCUT2D eigenvalue weighted by Gasteiger charge is 2.39. The molecule has 1 aromatic carbocycles. The third-order valence-electron chi connectivity index (χ3n) is 4.54. The number of amides is 2. The molecule has 0 radical (unpaired) electrons. The van der Waals surface area contributed by atoms with Gasteiger partial charge < -0.3 is 11.1 Å². The number of carbonyl (C=O) groups is 2. The van der Waals surface area contributed by atoms with E-state index < -0.39 is 12.1 Å². The highest BCUT2D eigenvalue weighted by molar-refractivity contribution is 6.05. The molecule has 1 heterocycles. The summed E-state index contributed by atoms with van der Waals surface area (Å²) in [5.41, 5.74) is 7.78. The van der Waals surface area contributed by atoms with E-state index in [1.807, 2.05) is 31.2 Å². The molecule has 1 aliphatic carbocycles. The van der Waals surface area contributed by atoms with Gasteiger partial charge in [0.05, 0.1) is 6.04 Å². The first-order valence-corrected chi connectivity index (χ1v) is 8.06. The van der Waals surface area contributed by atoms with Crippen molar-refractivity contribution in [2.45, 2.75) is 44.7 Å². The van der Waals surface area contributed by atoms with Crippen molar-refractivity contribution < 1.29 is 9.59 Å². The summed E-state index contributed by atoms with van der Waals surface area (Å²) in [4.78, 5) is 26.8. The Morgan fingerprint density at radius 1 is 1.36 bits per heavy atom. The van der Waals surface area contributed by atoms with Crippen LogP contribution in [0, 0.1) is 5.92 Å². The Hall–Kier alpha value is -1.88. The van der Waals surface area contributed by atoms with Crippen molar-refractivity contribution in [1.29, 1.82) is 0 Å². The first kappa shape index (κ1) is 15.0. The Morgan fingerprint density at radius 2 is 2.09 bits per heavy atom. The van der Waals surface area contributed by atoms with Gasteiger partial charge >= 0.3 is 0 Å². The third kappa shape index (κ3) is 2.86. The predicted molar refractivity (Wildman–Crippen MR) is 85.4 cm³/mol. The summed E-state index contributed by atoms with van der Waals surface area (Å²) >= 11 is 0. The number of nitrogens with two attached hydrogens (primary N) is 1. The van der Waals surface area contributed by atoms with Gasteiger partial charge in [-0.2, -0.15) is 0 Å². The third-order valence-corrected chi connectivity index (χ3v) is 4.54. The maximum atomic E-state index is 12.6. The molecule has 0 aromatic heterocycles. The lowest BCUT2D eigenvalue weighted by atomic mass is 10.1. The summed E-state index contributed by atoms with van der Waals surface area (Å²) < 4.78 is 0. The Morgan fingerprint density at radius 3 is 2.77 bits per heavy atom. The molecule has 3 N–H and O–H groups in total. The fourth-order valence-electron chi connectivity index (χ4n) is 2.91. The van der Waals surface area contributed by atoms with Crippen LogP contribution in [0.2, 0.25) is 0 Å². The first-order chi connectivity index (χ1) is 10.6. The zero-order valence-corrected chi connectivity index (χ0v) is 12.9. The van der Waals surface area contributed by atoms with Crippen LogP contribution in [0.3, 0.4) is 0 Å². The van der Waals surface area contributed by atoms with E-state index in [1.54, 1.807) is 4.90 Å². The van der Waals surface area contributed by atoms with E-state index in [0.717, 1.165) is 11.3 Å². The van der Waals surface area contributed by atoms with Crippen LogP contribution in [0.15, 0.2) is 24.3 Å². The number of fused-ring (bicyclic) bond motifs is 1. The summed E-state index contributed by atoms with van der Waals surface area (Å²) in [6.45, 7) is 2.60. The van der Waals surface area contributed by atoms with Gasteiger partial charge in [-0.15, -0.1) is 0 Å². The second-order valence-electron chi connectivity index (χ2n) is 6.26. The van der Waals surface area contributed by atoms with E-state index in [-0.39, 0.29) is 11.8 Å². The van der Waals surface area contributed by atoms with Crippen LogP contribution in [-0.4, -0.2) is 30.4 Å². The van der Waals surface area contributed by atoms with Crippen molar-refractivity contribution in [2.24, 2.45) is 11.7 Å². The number of anilines is 1. The zero-order valence-electron chi connectivity index (χ0n) is 12.9. The molecule has 118 valence electrons. The summed E-state index contributed by atoms with van der Waals surface area (Å²) in [5, 5.41) is 2.99. The van der Waals surface area contributed by atoms with Crippen molar-refractivity contribution >= 4 is 17.5 Å². The van der Waals surface area contributed by atoms with Crippen LogP contribution in [-0.2, 0) is 16.0 Å². The standard InChI is InChI=1S/C17H23N3O2/c1-2-13(18)17(22)20-14-6-4-3-5-12(14)9-15(20)16(21)19-10-11-7-8-11/h3-6,11,13,15H,2,7-10,18H2,1H3,(H,19,21). The van der Waals surface area contributed by atoms with Gasteiger partial charge in [0.25, 0.3) is 0 Å². The van der Waals surface area contributed by atoms with Gasteiger partial charge in [-0.3, -0.25) is 14.5 Å². The molecule has 22 heavy (non-hydrogen) atoms. The summed E-state index contributed by atoms with van der Waals surface area (Å²) in [6, 6.07) is 6.66. The Kier molecular flexibility index (Phi) is 4.16. The lowest BCUT2D eigenvalue weighted by Gasteiger charge is -2.27. The lowest BCUT2D eigenvalue weighted by Crippen LogP contribution is -2.53. The minimum Gasteiger partial charge on any atom is -0.354 e. The zero-order chi connectivity index (χ0) is 15.7. The number of carbonyl (C=O) groups excluding carboxylic acids is 2. The van der Waals surface area contributed by atoms with Crippen molar-refractivity contribution in [2.75, 3.05) is 11.4 Å². The van der Waals surface area contributed by atoms with Gasteiger partial charge in [-0.25, -0.2) is 0 Å². The SMILES string of the molecule is CCC(N)C(=O)N1c2ccccc2CC1C(=O)NCC1CC1. The summed E-state index contributed by atoms with van der Waals surface area (Å²) in [6.07, 6.45) is 3.51. The molecule has 0 saturated heterocycles. The van der Waals surface area contributed by atoms with Crippen LogP contribution in [0.25, 0.3) is 0 Å². The molecule has 1 fully saturated rings. The maximum absolute atomic E-state index is 12.6. The van der Waals surface area contributed by atoms with E-state index in [0.29, 0.717) is 25.3 Å². The number of nitrogens with one attached hydrogen (secondary N) is 1. The number of benzene rings is 1. The highest BCUT2D eigenvalue weighted by atomic mass is 16.2. The number of rotatable bonds is 5. The normalized spacial score (nSPS) is 21.4. The summed E-state index contributed by atoms with van der Waals surface area (Å²) in [5.74, 6) is 0.383. The van der Waals surface area contributed by atoms with Gasteiger partial charge in [0.15, 0.2) is 0 Å². The number of hydrogen-bond donors (Lipinski definition) is 2. The molecule has 2 amide bonds. The van der Waals surface area contributed by atoms with E-state index >= 15 is 0 Å².